The molecule has 1 aromatic carbocycles. The van der Waals surface area contributed by atoms with Crippen molar-refractivity contribution in [1.29, 1.82) is 0 Å². The summed E-state index contributed by atoms with van der Waals surface area (Å²) in [5.74, 6) is 0.768. The van der Waals surface area contributed by atoms with E-state index in [-0.39, 0.29) is 18.4 Å². The first-order valence-corrected chi connectivity index (χ1v) is 10.9. The molecule has 3 heterocycles. The molecule has 0 radical (unpaired) electrons. The van der Waals surface area contributed by atoms with Gasteiger partial charge >= 0.3 is 6.03 Å². The van der Waals surface area contributed by atoms with E-state index in [1.54, 1.807) is 28.6 Å². The molecule has 3 aromatic rings. The number of fused-ring (bicyclic) bond motifs is 1. The fraction of sp³-hybridized carbons (Fsp3) is 0.217. The van der Waals surface area contributed by atoms with Gasteiger partial charge in [0, 0.05) is 22.6 Å². The number of nitrogens with zero attached hydrogens (tertiary/aromatic N) is 1. The second kappa shape index (κ2) is 7.84. The molecule has 7 heteroatoms. The third-order valence-corrected chi connectivity index (χ3v) is 6.39. The Kier molecular flexibility index (Phi) is 4.88. The molecule has 0 bridgehead atoms. The van der Waals surface area contributed by atoms with Crippen molar-refractivity contribution in [3.63, 3.8) is 0 Å². The van der Waals surface area contributed by atoms with Gasteiger partial charge in [0.1, 0.15) is 11.8 Å². The summed E-state index contributed by atoms with van der Waals surface area (Å²) in [6.45, 7) is 0.273. The van der Waals surface area contributed by atoms with E-state index in [0.29, 0.717) is 17.8 Å². The number of para-hydroxylation sites is 2. The average molecular weight is 420 g/mol. The molecule has 1 unspecified atom stereocenters. The van der Waals surface area contributed by atoms with Crippen LogP contribution in [-0.4, -0.2) is 11.8 Å². The number of furan rings is 1. The van der Waals surface area contributed by atoms with Crippen molar-refractivity contribution in [3.05, 3.63) is 82.1 Å². The molecular formula is C23H21N3O3S. The van der Waals surface area contributed by atoms with E-state index in [1.807, 2.05) is 47.8 Å². The Bertz CT molecular complexity index is 1100. The Morgan fingerprint density at radius 1 is 1.17 bits per heavy atom. The molecule has 30 heavy (non-hydrogen) atoms. The number of allylic oxidation sites excluding steroid dienone is 1. The molecule has 5 rings (SSSR count). The Hall–Kier alpha value is -3.32. The molecule has 2 N–H and O–H groups in total. The van der Waals surface area contributed by atoms with Crippen LogP contribution >= 0.6 is 11.3 Å². The SMILES string of the molecule is O=C1CCCC2=C1C(c1cccs1)N(C(=O)NCc1ccco1)c1ccccc1N2. The van der Waals surface area contributed by atoms with E-state index in [4.69, 9.17) is 4.42 Å². The first-order chi connectivity index (χ1) is 14.7. The molecule has 0 saturated carbocycles. The van der Waals surface area contributed by atoms with Crippen LogP contribution in [0.3, 0.4) is 0 Å². The van der Waals surface area contributed by atoms with Gasteiger partial charge in [-0.05, 0) is 48.6 Å². The number of hydrogen-bond donors (Lipinski definition) is 2. The smallest absolute Gasteiger partial charge is 0.323 e. The molecule has 152 valence electrons. The van der Waals surface area contributed by atoms with E-state index in [2.05, 4.69) is 10.6 Å². The molecule has 2 amide bonds. The number of carbonyl (C=O) groups excluding carboxylic acids is 2. The first-order valence-electron chi connectivity index (χ1n) is 9.97. The third-order valence-electron chi connectivity index (χ3n) is 5.46. The predicted octanol–water partition coefficient (Wildman–Crippen LogP) is 5.23. The van der Waals surface area contributed by atoms with Gasteiger partial charge in [0.25, 0.3) is 0 Å². The van der Waals surface area contributed by atoms with Gasteiger partial charge in [0.15, 0.2) is 5.78 Å². The molecule has 1 aliphatic heterocycles. The second-order valence-electron chi connectivity index (χ2n) is 7.34. The number of Topliss-reactive ketones (excluding diaryl/α,β-unsaturated/α-hetero) is 1. The minimum Gasteiger partial charge on any atom is -0.467 e. The molecular weight excluding hydrogens is 398 g/mol. The van der Waals surface area contributed by atoms with E-state index in [9.17, 15) is 9.59 Å². The van der Waals surface area contributed by atoms with Crippen LogP contribution in [-0.2, 0) is 11.3 Å². The van der Waals surface area contributed by atoms with Gasteiger partial charge in [-0.1, -0.05) is 18.2 Å². The van der Waals surface area contributed by atoms with Crippen molar-refractivity contribution in [2.45, 2.75) is 31.8 Å². The minimum atomic E-state index is -0.472. The maximum Gasteiger partial charge on any atom is 0.323 e. The third kappa shape index (κ3) is 3.31. The molecule has 2 aliphatic rings. The Labute approximate surface area is 178 Å². The van der Waals surface area contributed by atoms with Crippen molar-refractivity contribution in [3.8, 4) is 0 Å². The van der Waals surface area contributed by atoms with Crippen molar-refractivity contribution < 1.29 is 14.0 Å². The lowest BCUT2D eigenvalue weighted by atomic mass is 9.88. The summed E-state index contributed by atoms with van der Waals surface area (Å²) >= 11 is 1.55. The van der Waals surface area contributed by atoms with Crippen LogP contribution in [0.5, 0.6) is 0 Å². The largest absolute Gasteiger partial charge is 0.467 e. The minimum absolute atomic E-state index is 0.0961. The van der Waals surface area contributed by atoms with E-state index in [0.717, 1.165) is 34.8 Å². The summed E-state index contributed by atoms with van der Waals surface area (Å²) in [5, 5.41) is 8.40. The summed E-state index contributed by atoms with van der Waals surface area (Å²) in [5.41, 5.74) is 3.17. The van der Waals surface area contributed by atoms with E-state index < -0.39 is 6.04 Å². The van der Waals surface area contributed by atoms with Gasteiger partial charge in [0.05, 0.1) is 24.2 Å². The van der Waals surface area contributed by atoms with Crippen LogP contribution in [0.25, 0.3) is 0 Å². The van der Waals surface area contributed by atoms with Crippen LogP contribution in [0.1, 0.15) is 35.9 Å². The van der Waals surface area contributed by atoms with Crippen LogP contribution in [0, 0.1) is 0 Å². The first kappa shape index (κ1) is 18.7. The van der Waals surface area contributed by atoms with Crippen LogP contribution in [0.4, 0.5) is 16.2 Å². The molecule has 2 aromatic heterocycles. The van der Waals surface area contributed by atoms with E-state index >= 15 is 0 Å². The summed E-state index contributed by atoms with van der Waals surface area (Å²) in [6.07, 6.45) is 3.69. The Balaban J connectivity index is 1.63. The molecule has 1 atom stereocenters. The maximum absolute atomic E-state index is 13.5. The zero-order valence-electron chi connectivity index (χ0n) is 16.3. The number of ketones is 1. The Morgan fingerprint density at radius 2 is 2.07 bits per heavy atom. The number of carbonyl (C=O) groups is 2. The van der Waals surface area contributed by atoms with Gasteiger partial charge in [0.2, 0.25) is 0 Å². The number of anilines is 2. The zero-order valence-corrected chi connectivity index (χ0v) is 17.1. The van der Waals surface area contributed by atoms with Gasteiger partial charge < -0.3 is 15.1 Å². The van der Waals surface area contributed by atoms with E-state index in [1.165, 1.54) is 0 Å². The number of nitrogens with one attached hydrogen (secondary N) is 2. The van der Waals surface area contributed by atoms with Gasteiger partial charge in [-0.2, -0.15) is 0 Å². The van der Waals surface area contributed by atoms with Gasteiger partial charge in [-0.25, -0.2) is 4.79 Å². The number of hydrogen-bond acceptors (Lipinski definition) is 5. The van der Waals surface area contributed by atoms with Gasteiger partial charge in [-0.3, -0.25) is 9.69 Å². The lowest BCUT2D eigenvalue weighted by molar-refractivity contribution is -0.116. The molecule has 6 nitrogen and oxygen atoms in total. The van der Waals surface area contributed by atoms with Crippen molar-refractivity contribution in [1.82, 2.24) is 5.32 Å². The number of urea groups is 1. The highest BCUT2D eigenvalue weighted by Crippen LogP contribution is 2.45. The summed E-state index contributed by atoms with van der Waals surface area (Å²) < 4.78 is 5.36. The highest BCUT2D eigenvalue weighted by Gasteiger charge is 2.39. The molecule has 0 fully saturated rings. The lowest BCUT2D eigenvalue weighted by Crippen LogP contribution is -2.43. The predicted molar refractivity (Wildman–Crippen MR) is 116 cm³/mol. The van der Waals surface area contributed by atoms with Crippen LogP contribution in [0.15, 0.2) is 75.9 Å². The Morgan fingerprint density at radius 3 is 2.87 bits per heavy atom. The number of thiophene rings is 1. The lowest BCUT2D eigenvalue weighted by Gasteiger charge is -2.32. The number of benzene rings is 1. The quantitative estimate of drug-likeness (QED) is 0.609. The fourth-order valence-electron chi connectivity index (χ4n) is 4.13. The summed E-state index contributed by atoms with van der Waals surface area (Å²) in [7, 11) is 0. The fourth-order valence-corrected chi connectivity index (χ4v) is 4.96. The highest BCUT2D eigenvalue weighted by atomic mass is 32.1. The molecule has 0 spiro atoms. The van der Waals surface area contributed by atoms with Crippen LogP contribution in [0.2, 0.25) is 0 Å². The topological polar surface area (TPSA) is 74.6 Å². The normalized spacial score (nSPS) is 18.3. The standard InChI is InChI=1S/C23H21N3O3S/c27-19-10-3-8-17-21(19)22(20-11-5-13-30-20)26(18-9-2-1-7-16(18)25-17)23(28)24-14-15-6-4-12-29-15/h1-2,4-7,9,11-13,22,25H,3,8,10,14H2,(H,24,28). The molecule has 1 aliphatic carbocycles. The zero-order chi connectivity index (χ0) is 20.5. The highest BCUT2D eigenvalue weighted by molar-refractivity contribution is 7.10. The summed E-state index contributed by atoms with van der Waals surface area (Å²) in [4.78, 5) is 29.3. The second-order valence-corrected chi connectivity index (χ2v) is 8.32. The van der Waals surface area contributed by atoms with Crippen molar-refractivity contribution in [2.24, 2.45) is 0 Å². The molecule has 0 saturated heterocycles. The average Bonchev–Trinajstić information content (AvgIpc) is 3.44. The summed E-state index contributed by atoms with van der Waals surface area (Å²) in [6, 6.07) is 14.5. The number of rotatable bonds is 3. The van der Waals surface area contributed by atoms with Crippen molar-refractivity contribution in [2.75, 3.05) is 10.2 Å². The monoisotopic (exact) mass is 419 g/mol. The maximum atomic E-state index is 13.5. The number of amides is 2. The van der Waals surface area contributed by atoms with Gasteiger partial charge in [-0.15, -0.1) is 11.3 Å². The van der Waals surface area contributed by atoms with Crippen LogP contribution < -0.4 is 15.5 Å². The van der Waals surface area contributed by atoms with Crippen molar-refractivity contribution >= 4 is 34.5 Å².